The molecule has 0 spiro atoms. The van der Waals surface area contributed by atoms with Crippen LogP contribution in [0.25, 0.3) is 0 Å². The molecule has 1 unspecified atom stereocenters. The Morgan fingerprint density at radius 1 is 1.11 bits per heavy atom. The molecule has 2 rings (SSSR count). The van der Waals surface area contributed by atoms with Gasteiger partial charge in [-0.15, -0.1) is 0 Å². The van der Waals surface area contributed by atoms with Gasteiger partial charge in [-0.2, -0.15) is 8.42 Å². The van der Waals surface area contributed by atoms with E-state index in [4.69, 9.17) is 4.18 Å². The van der Waals surface area contributed by atoms with E-state index in [2.05, 4.69) is 6.92 Å². The molecule has 0 aliphatic heterocycles. The normalized spacial score (nSPS) is 25.0. The zero-order chi connectivity index (χ0) is 13.2. The van der Waals surface area contributed by atoms with Crippen LogP contribution >= 0.6 is 0 Å². The van der Waals surface area contributed by atoms with Gasteiger partial charge in [-0.1, -0.05) is 37.5 Å². The number of hydrogen-bond donors (Lipinski definition) is 0. The Labute approximate surface area is 109 Å². The molecule has 0 amide bonds. The van der Waals surface area contributed by atoms with Gasteiger partial charge in [0.1, 0.15) is 0 Å². The summed E-state index contributed by atoms with van der Waals surface area (Å²) in [6.07, 6.45) is 3.95. The van der Waals surface area contributed by atoms with Gasteiger partial charge in [0.05, 0.1) is 11.0 Å². The van der Waals surface area contributed by atoms with Crippen molar-refractivity contribution in [1.29, 1.82) is 0 Å². The van der Waals surface area contributed by atoms with Crippen molar-refractivity contribution in [1.82, 2.24) is 0 Å². The fourth-order valence-electron chi connectivity index (χ4n) is 2.35. The molecule has 0 bridgehead atoms. The summed E-state index contributed by atoms with van der Waals surface area (Å²) < 4.78 is 29.7. The lowest BCUT2D eigenvalue weighted by atomic mass is 9.88. The Hall–Kier alpha value is -0.870. The molecule has 1 aromatic carbocycles. The summed E-state index contributed by atoms with van der Waals surface area (Å²) >= 11 is 0. The molecule has 0 N–H and O–H groups in total. The minimum absolute atomic E-state index is 0.162. The molecule has 1 aromatic rings. The van der Waals surface area contributed by atoms with Gasteiger partial charge in [0.25, 0.3) is 10.1 Å². The molecule has 0 heterocycles. The maximum absolute atomic E-state index is 12.1. The summed E-state index contributed by atoms with van der Waals surface area (Å²) in [4.78, 5) is 0.255. The Morgan fingerprint density at radius 3 is 2.33 bits per heavy atom. The van der Waals surface area contributed by atoms with Crippen molar-refractivity contribution in [2.24, 2.45) is 5.92 Å². The van der Waals surface area contributed by atoms with E-state index in [1.54, 1.807) is 24.3 Å². The summed E-state index contributed by atoms with van der Waals surface area (Å²) in [5.41, 5.74) is 1.04. The SMILES string of the molecule is Cc1ccc(S(=O)(=O)O[C@H]2CCCCC2C)cc1. The van der Waals surface area contributed by atoms with E-state index in [1.165, 1.54) is 6.42 Å². The maximum atomic E-state index is 12.1. The molecule has 100 valence electrons. The van der Waals surface area contributed by atoms with E-state index in [0.717, 1.165) is 24.8 Å². The summed E-state index contributed by atoms with van der Waals surface area (Å²) in [6.45, 7) is 3.99. The fourth-order valence-corrected chi connectivity index (χ4v) is 3.54. The highest BCUT2D eigenvalue weighted by atomic mass is 32.2. The number of rotatable bonds is 3. The fraction of sp³-hybridized carbons (Fsp3) is 0.571. The second-order valence-electron chi connectivity index (χ2n) is 5.16. The summed E-state index contributed by atoms with van der Waals surface area (Å²) in [5.74, 6) is 0.318. The van der Waals surface area contributed by atoms with Crippen molar-refractivity contribution in [3.63, 3.8) is 0 Å². The van der Waals surface area contributed by atoms with Gasteiger partial charge in [-0.25, -0.2) is 0 Å². The lowest BCUT2D eigenvalue weighted by Gasteiger charge is -2.27. The molecule has 1 aliphatic rings. The smallest absolute Gasteiger partial charge is 0.263 e. The van der Waals surface area contributed by atoms with Crippen LogP contribution in [0.3, 0.4) is 0 Å². The first-order valence-electron chi connectivity index (χ1n) is 6.49. The van der Waals surface area contributed by atoms with Crippen molar-refractivity contribution in [3.8, 4) is 0 Å². The molecule has 1 aliphatic carbocycles. The van der Waals surface area contributed by atoms with Crippen LogP contribution < -0.4 is 0 Å². The number of aryl methyl sites for hydroxylation is 1. The van der Waals surface area contributed by atoms with E-state index in [-0.39, 0.29) is 11.0 Å². The zero-order valence-corrected chi connectivity index (χ0v) is 11.7. The van der Waals surface area contributed by atoms with Crippen LogP contribution in [0.5, 0.6) is 0 Å². The van der Waals surface area contributed by atoms with Crippen LogP contribution in [-0.4, -0.2) is 14.5 Å². The third-order valence-corrected chi connectivity index (χ3v) is 4.94. The molecule has 18 heavy (non-hydrogen) atoms. The Bertz CT molecular complexity index is 490. The van der Waals surface area contributed by atoms with Crippen LogP contribution in [-0.2, 0) is 14.3 Å². The van der Waals surface area contributed by atoms with Crippen molar-refractivity contribution < 1.29 is 12.6 Å². The minimum Gasteiger partial charge on any atom is -0.263 e. The van der Waals surface area contributed by atoms with Crippen LogP contribution in [0.15, 0.2) is 29.2 Å². The average molecular weight is 268 g/mol. The summed E-state index contributed by atoms with van der Waals surface area (Å²) in [6, 6.07) is 6.80. The minimum atomic E-state index is -3.61. The molecular formula is C14H20O3S. The first-order valence-corrected chi connectivity index (χ1v) is 7.90. The van der Waals surface area contributed by atoms with Crippen molar-refractivity contribution >= 4 is 10.1 Å². The second-order valence-corrected chi connectivity index (χ2v) is 6.74. The summed E-state index contributed by atoms with van der Waals surface area (Å²) in [5, 5.41) is 0. The molecule has 1 saturated carbocycles. The highest BCUT2D eigenvalue weighted by Gasteiger charge is 2.28. The van der Waals surface area contributed by atoms with Gasteiger partial charge in [-0.3, -0.25) is 4.18 Å². The molecule has 0 saturated heterocycles. The van der Waals surface area contributed by atoms with Crippen molar-refractivity contribution in [2.45, 2.75) is 50.5 Å². The zero-order valence-electron chi connectivity index (χ0n) is 10.9. The van der Waals surface area contributed by atoms with Gasteiger partial charge >= 0.3 is 0 Å². The van der Waals surface area contributed by atoms with Gasteiger partial charge in [-0.05, 0) is 37.8 Å². The standard InChI is InChI=1S/C14H20O3S/c1-11-7-9-13(10-8-11)18(15,16)17-14-6-4-3-5-12(14)2/h7-10,12,14H,3-6H2,1-2H3/t12?,14-/m0/s1. The highest BCUT2D eigenvalue weighted by Crippen LogP contribution is 2.29. The third-order valence-electron chi connectivity index (χ3n) is 3.59. The average Bonchev–Trinajstić information content (AvgIpc) is 2.32. The van der Waals surface area contributed by atoms with Gasteiger partial charge in [0, 0.05) is 0 Å². The second kappa shape index (κ2) is 5.41. The monoisotopic (exact) mass is 268 g/mol. The largest absolute Gasteiger partial charge is 0.297 e. The third kappa shape index (κ3) is 3.12. The van der Waals surface area contributed by atoms with E-state index in [9.17, 15) is 8.42 Å². The quantitative estimate of drug-likeness (QED) is 0.790. The molecule has 0 aromatic heterocycles. The lowest BCUT2D eigenvalue weighted by molar-refractivity contribution is 0.109. The topological polar surface area (TPSA) is 43.4 Å². The van der Waals surface area contributed by atoms with E-state index >= 15 is 0 Å². The number of benzene rings is 1. The number of hydrogen-bond acceptors (Lipinski definition) is 3. The predicted octanol–water partition coefficient (Wildman–Crippen LogP) is 3.28. The van der Waals surface area contributed by atoms with Crippen LogP contribution in [0.2, 0.25) is 0 Å². The van der Waals surface area contributed by atoms with Crippen LogP contribution in [0.4, 0.5) is 0 Å². The predicted molar refractivity (Wildman–Crippen MR) is 70.9 cm³/mol. The van der Waals surface area contributed by atoms with E-state index < -0.39 is 10.1 Å². The Kier molecular flexibility index (Phi) is 4.07. The first kappa shape index (κ1) is 13.6. The molecule has 3 nitrogen and oxygen atoms in total. The van der Waals surface area contributed by atoms with Gasteiger partial charge in [0.15, 0.2) is 0 Å². The van der Waals surface area contributed by atoms with Crippen LogP contribution in [0, 0.1) is 12.8 Å². The molecule has 4 heteroatoms. The molecular weight excluding hydrogens is 248 g/mol. The van der Waals surface area contributed by atoms with Gasteiger partial charge < -0.3 is 0 Å². The highest BCUT2D eigenvalue weighted by molar-refractivity contribution is 7.86. The Balaban J connectivity index is 2.13. The molecule has 0 radical (unpaired) electrons. The molecule has 1 fully saturated rings. The maximum Gasteiger partial charge on any atom is 0.297 e. The molecule has 2 atom stereocenters. The van der Waals surface area contributed by atoms with Crippen LogP contribution in [0.1, 0.15) is 38.2 Å². The van der Waals surface area contributed by atoms with Gasteiger partial charge in [0.2, 0.25) is 0 Å². The Morgan fingerprint density at radius 2 is 1.72 bits per heavy atom. The summed E-state index contributed by atoms with van der Waals surface area (Å²) in [7, 11) is -3.61. The van der Waals surface area contributed by atoms with E-state index in [1.807, 2.05) is 6.92 Å². The first-order chi connectivity index (χ1) is 8.49. The van der Waals surface area contributed by atoms with Crippen molar-refractivity contribution in [3.05, 3.63) is 29.8 Å². The van der Waals surface area contributed by atoms with Crippen molar-refractivity contribution in [2.75, 3.05) is 0 Å². The van der Waals surface area contributed by atoms with E-state index in [0.29, 0.717) is 5.92 Å². The lowest BCUT2D eigenvalue weighted by Crippen LogP contribution is -2.28.